The molecule has 1 atom stereocenters. The molecule has 1 aromatic heterocycles. The molecule has 0 spiro atoms. The SMILES string of the molecule is CCCCCCC(CCCCC)c1ccnc(C(F)(F)F)c1F. The van der Waals surface area contributed by atoms with Crippen LogP contribution in [0.15, 0.2) is 12.3 Å². The summed E-state index contributed by atoms with van der Waals surface area (Å²) in [5.74, 6) is -1.33. The molecule has 132 valence electrons. The highest BCUT2D eigenvalue weighted by Crippen LogP contribution is 2.35. The van der Waals surface area contributed by atoms with Gasteiger partial charge in [0, 0.05) is 6.20 Å². The van der Waals surface area contributed by atoms with Gasteiger partial charge in [-0.1, -0.05) is 58.8 Å². The van der Waals surface area contributed by atoms with E-state index in [9.17, 15) is 17.6 Å². The van der Waals surface area contributed by atoms with Gasteiger partial charge in [0.1, 0.15) is 0 Å². The van der Waals surface area contributed by atoms with Crippen LogP contribution in [0, 0.1) is 5.82 Å². The number of pyridine rings is 1. The number of halogens is 4. The Morgan fingerprint density at radius 3 is 2.09 bits per heavy atom. The van der Waals surface area contributed by atoms with E-state index in [4.69, 9.17) is 0 Å². The first-order valence-corrected chi connectivity index (χ1v) is 8.63. The summed E-state index contributed by atoms with van der Waals surface area (Å²) in [5.41, 5.74) is -1.20. The van der Waals surface area contributed by atoms with Crippen LogP contribution in [0.5, 0.6) is 0 Å². The highest BCUT2D eigenvalue weighted by molar-refractivity contribution is 5.25. The van der Waals surface area contributed by atoms with Crippen LogP contribution in [0.3, 0.4) is 0 Å². The van der Waals surface area contributed by atoms with E-state index in [-0.39, 0.29) is 11.5 Å². The van der Waals surface area contributed by atoms with Crippen LogP contribution < -0.4 is 0 Å². The molecule has 0 aliphatic carbocycles. The number of hydrogen-bond donors (Lipinski definition) is 0. The molecular weight excluding hydrogens is 306 g/mol. The Labute approximate surface area is 136 Å². The average molecular weight is 333 g/mol. The predicted molar refractivity (Wildman–Crippen MR) is 84.8 cm³/mol. The van der Waals surface area contributed by atoms with E-state index in [2.05, 4.69) is 18.8 Å². The van der Waals surface area contributed by atoms with E-state index in [1.54, 1.807) is 0 Å². The van der Waals surface area contributed by atoms with Crippen LogP contribution in [-0.2, 0) is 6.18 Å². The first kappa shape index (κ1) is 19.9. The van der Waals surface area contributed by atoms with Crippen LogP contribution in [-0.4, -0.2) is 4.98 Å². The molecule has 0 aliphatic rings. The summed E-state index contributed by atoms with van der Waals surface area (Å²) in [6.07, 6.45) is 4.96. The molecule has 1 unspecified atom stereocenters. The van der Waals surface area contributed by atoms with Crippen molar-refractivity contribution in [1.29, 1.82) is 0 Å². The standard InChI is InChI=1S/C18H27F4N/c1-3-5-7-9-11-14(10-8-6-4-2)15-12-13-23-17(16(15)19)18(20,21)22/h12-14H,3-11H2,1-2H3. The number of rotatable bonds is 10. The van der Waals surface area contributed by atoms with Gasteiger partial charge in [-0.25, -0.2) is 9.37 Å². The monoisotopic (exact) mass is 333 g/mol. The highest BCUT2D eigenvalue weighted by atomic mass is 19.4. The topological polar surface area (TPSA) is 12.9 Å². The van der Waals surface area contributed by atoms with Crippen LogP contribution in [0.4, 0.5) is 17.6 Å². The number of aromatic nitrogens is 1. The maximum Gasteiger partial charge on any atom is 0.436 e. The maximum absolute atomic E-state index is 14.3. The fourth-order valence-electron chi connectivity index (χ4n) is 2.89. The molecule has 1 aromatic rings. The zero-order valence-electron chi connectivity index (χ0n) is 14.1. The Kier molecular flexibility index (Phi) is 8.56. The smallest absolute Gasteiger partial charge is 0.249 e. The van der Waals surface area contributed by atoms with Gasteiger partial charge < -0.3 is 0 Å². The first-order chi connectivity index (χ1) is 10.9. The molecule has 1 heterocycles. The number of hydrogen-bond acceptors (Lipinski definition) is 1. The third kappa shape index (κ3) is 6.48. The number of nitrogens with zero attached hydrogens (tertiary/aromatic N) is 1. The van der Waals surface area contributed by atoms with E-state index in [1.807, 2.05) is 0 Å². The Hall–Kier alpha value is -1.13. The Morgan fingerprint density at radius 1 is 0.957 bits per heavy atom. The van der Waals surface area contributed by atoms with Gasteiger partial charge in [0.2, 0.25) is 0 Å². The molecule has 23 heavy (non-hydrogen) atoms. The minimum atomic E-state index is -4.74. The highest BCUT2D eigenvalue weighted by Gasteiger charge is 2.37. The van der Waals surface area contributed by atoms with E-state index >= 15 is 0 Å². The van der Waals surface area contributed by atoms with Crippen molar-refractivity contribution in [3.63, 3.8) is 0 Å². The van der Waals surface area contributed by atoms with E-state index in [1.165, 1.54) is 6.07 Å². The van der Waals surface area contributed by atoms with Gasteiger partial charge in [0.25, 0.3) is 0 Å². The van der Waals surface area contributed by atoms with Crippen molar-refractivity contribution in [3.8, 4) is 0 Å². The molecule has 0 saturated carbocycles. The molecule has 0 saturated heterocycles. The molecule has 0 aromatic carbocycles. The quantitative estimate of drug-likeness (QED) is 0.336. The zero-order chi connectivity index (χ0) is 17.3. The van der Waals surface area contributed by atoms with Gasteiger partial charge in [-0.3, -0.25) is 0 Å². The summed E-state index contributed by atoms with van der Waals surface area (Å²) in [7, 11) is 0. The zero-order valence-corrected chi connectivity index (χ0v) is 14.1. The Morgan fingerprint density at radius 2 is 1.52 bits per heavy atom. The molecule has 0 radical (unpaired) electrons. The lowest BCUT2D eigenvalue weighted by atomic mass is 9.88. The summed E-state index contributed by atoms with van der Waals surface area (Å²) in [6.45, 7) is 4.18. The largest absolute Gasteiger partial charge is 0.436 e. The molecule has 0 fully saturated rings. The fraction of sp³-hybridized carbons (Fsp3) is 0.722. The van der Waals surface area contributed by atoms with Gasteiger partial charge >= 0.3 is 6.18 Å². The van der Waals surface area contributed by atoms with Gasteiger partial charge in [0.15, 0.2) is 11.5 Å². The number of alkyl halides is 3. The molecule has 0 amide bonds. The predicted octanol–water partition coefficient (Wildman–Crippen LogP) is 6.87. The van der Waals surface area contributed by atoms with Crippen molar-refractivity contribution in [3.05, 3.63) is 29.3 Å². The second-order valence-corrected chi connectivity index (χ2v) is 6.10. The third-order valence-electron chi connectivity index (χ3n) is 4.19. The van der Waals surface area contributed by atoms with Crippen LogP contribution in [0.25, 0.3) is 0 Å². The molecule has 0 N–H and O–H groups in total. The molecule has 0 bridgehead atoms. The minimum absolute atomic E-state index is 0.150. The summed E-state index contributed by atoms with van der Waals surface area (Å²) in [6, 6.07) is 1.42. The average Bonchev–Trinajstić information content (AvgIpc) is 2.49. The first-order valence-electron chi connectivity index (χ1n) is 8.63. The van der Waals surface area contributed by atoms with Crippen molar-refractivity contribution in [2.75, 3.05) is 0 Å². The van der Waals surface area contributed by atoms with E-state index in [0.29, 0.717) is 0 Å². The summed E-state index contributed by atoms with van der Waals surface area (Å²) < 4.78 is 52.9. The van der Waals surface area contributed by atoms with Crippen LogP contribution in [0.2, 0.25) is 0 Å². The van der Waals surface area contributed by atoms with Gasteiger partial charge in [0.05, 0.1) is 0 Å². The maximum atomic E-state index is 14.3. The van der Waals surface area contributed by atoms with Crippen LogP contribution >= 0.6 is 0 Å². The molecule has 5 heteroatoms. The lowest BCUT2D eigenvalue weighted by molar-refractivity contribution is -0.143. The Bertz CT molecular complexity index is 457. The molecule has 1 nitrogen and oxygen atoms in total. The van der Waals surface area contributed by atoms with Gasteiger partial charge in [-0.05, 0) is 30.4 Å². The summed E-state index contributed by atoms with van der Waals surface area (Å²) in [4.78, 5) is 3.20. The molecule has 1 rings (SSSR count). The minimum Gasteiger partial charge on any atom is -0.249 e. The second-order valence-electron chi connectivity index (χ2n) is 6.10. The lowest BCUT2D eigenvalue weighted by Crippen LogP contribution is -2.14. The molecular formula is C18H27F4N. The summed E-state index contributed by atoms with van der Waals surface area (Å²) in [5, 5.41) is 0. The number of unbranched alkanes of at least 4 members (excludes halogenated alkanes) is 5. The van der Waals surface area contributed by atoms with Crippen molar-refractivity contribution < 1.29 is 17.6 Å². The fourth-order valence-corrected chi connectivity index (χ4v) is 2.89. The normalized spacial score (nSPS) is 13.3. The van der Waals surface area contributed by atoms with Crippen molar-refractivity contribution >= 4 is 0 Å². The van der Waals surface area contributed by atoms with Crippen molar-refractivity contribution in [2.24, 2.45) is 0 Å². The summed E-state index contributed by atoms with van der Waals surface area (Å²) >= 11 is 0. The lowest BCUT2D eigenvalue weighted by Gasteiger charge is -2.19. The van der Waals surface area contributed by atoms with E-state index < -0.39 is 17.7 Å². The molecule has 0 aliphatic heterocycles. The third-order valence-corrected chi connectivity index (χ3v) is 4.19. The van der Waals surface area contributed by atoms with E-state index in [0.717, 1.165) is 64.0 Å². The van der Waals surface area contributed by atoms with Gasteiger partial charge in [-0.2, -0.15) is 13.2 Å². The second kappa shape index (κ2) is 9.89. The van der Waals surface area contributed by atoms with Crippen LogP contribution in [0.1, 0.15) is 88.8 Å². The Balaban J connectivity index is 2.91. The van der Waals surface area contributed by atoms with Gasteiger partial charge in [-0.15, -0.1) is 0 Å². The van der Waals surface area contributed by atoms with Crippen molar-refractivity contribution in [1.82, 2.24) is 4.98 Å². The van der Waals surface area contributed by atoms with Crippen molar-refractivity contribution in [2.45, 2.75) is 83.7 Å².